The Kier molecular flexibility index (Phi) is 3.15. The summed E-state index contributed by atoms with van der Waals surface area (Å²) in [5.74, 6) is -0.934. The summed E-state index contributed by atoms with van der Waals surface area (Å²) in [7, 11) is 0. The molecule has 0 amide bonds. The van der Waals surface area contributed by atoms with Crippen LogP contribution in [0, 0.1) is 0 Å². The van der Waals surface area contributed by atoms with Gasteiger partial charge in [-0.1, -0.05) is 30.8 Å². The minimum absolute atomic E-state index is 0.263. The van der Waals surface area contributed by atoms with Crippen molar-refractivity contribution in [2.75, 3.05) is 5.73 Å². The molecule has 0 aromatic heterocycles. The third kappa shape index (κ3) is 2.40. The van der Waals surface area contributed by atoms with Crippen LogP contribution in [0.4, 0.5) is 5.69 Å². The van der Waals surface area contributed by atoms with Gasteiger partial charge in [0.05, 0.1) is 5.56 Å². The van der Waals surface area contributed by atoms with Crippen LogP contribution in [0.5, 0.6) is 0 Å². The summed E-state index contributed by atoms with van der Waals surface area (Å²) < 4.78 is 0. The van der Waals surface area contributed by atoms with E-state index >= 15 is 0 Å². The van der Waals surface area contributed by atoms with Crippen LogP contribution in [-0.2, 0) is 0 Å². The Morgan fingerprint density at radius 3 is 2.17 bits per heavy atom. The molecule has 0 heterocycles. The molecule has 0 spiro atoms. The van der Waals surface area contributed by atoms with Crippen molar-refractivity contribution in [1.29, 1.82) is 0 Å². The summed E-state index contributed by atoms with van der Waals surface area (Å²) in [6.45, 7) is 4.01. The summed E-state index contributed by atoms with van der Waals surface area (Å²) >= 11 is 0. The Labute approximate surface area is 105 Å². The van der Waals surface area contributed by atoms with Gasteiger partial charge >= 0.3 is 5.97 Å². The number of hydrogen-bond donors (Lipinski definition) is 2. The quantitative estimate of drug-likeness (QED) is 0.809. The summed E-state index contributed by atoms with van der Waals surface area (Å²) in [4.78, 5) is 10.8. The fraction of sp³-hybridized carbons (Fsp3) is 0. The van der Waals surface area contributed by atoms with Gasteiger partial charge in [0.25, 0.3) is 0 Å². The topological polar surface area (TPSA) is 63.3 Å². The standard InChI is InChI=1S/C15H13NO2/c1-10(13-3-2-4-14(16)9-13)11-5-7-12(8-6-11)15(17)18/h2-9H,1,16H2,(H,17,18). The van der Waals surface area contributed by atoms with E-state index in [9.17, 15) is 4.79 Å². The van der Waals surface area contributed by atoms with Crippen molar-refractivity contribution in [3.8, 4) is 0 Å². The lowest BCUT2D eigenvalue weighted by Crippen LogP contribution is -1.96. The zero-order valence-electron chi connectivity index (χ0n) is 9.76. The summed E-state index contributed by atoms with van der Waals surface area (Å²) in [5, 5.41) is 8.83. The minimum atomic E-state index is -0.934. The zero-order valence-corrected chi connectivity index (χ0v) is 9.76. The minimum Gasteiger partial charge on any atom is -0.478 e. The molecule has 0 saturated heterocycles. The molecule has 3 heteroatoms. The van der Waals surface area contributed by atoms with Crippen molar-refractivity contribution < 1.29 is 9.90 Å². The molecular formula is C15H13NO2. The fourth-order valence-electron chi connectivity index (χ4n) is 1.71. The molecule has 18 heavy (non-hydrogen) atoms. The van der Waals surface area contributed by atoms with Crippen molar-refractivity contribution >= 4 is 17.2 Å². The predicted molar refractivity (Wildman–Crippen MR) is 72.4 cm³/mol. The molecule has 3 N–H and O–H groups in total. The van der Waals surface area contributed by atoms with Gasteiger partial charge in [-0.25, -0.2) is 4.79 Å². The van der Waals surface area contributed by atoms with Gasteiger partial charge in [0, 0.05) is 5.69 Å². The Hall–Kier alpha value is -2.55. The molecule has 0 aliphatic rings. The van der Waals surface area contributed by atoms with E-state index in [0.29, 0.717) is 5.69 Å². The lowest BCUT2D eigenvalue weighted by molar-refractivity contribution is 0.0697. The number of aromatic carboxylic acids is 1. The third-order valence-corrected chi connectivity index (χ3v) is 2.72. The van der Waals surface area contributed by atoms with Crippen LogP contribution in [0.3, 0.4) is 0 Å². The highest BCUT2D eigenvalue weighted by atomic mass is 16.4. The van der Waals surface area contributed by atoms with Crippen LogP contribution in [0.2, 0.25) is 0 Å². The number of benzene rings is 2. The first-order valence-corrected chi connectivity index (χ1v) is 5.46. The van der Waals surface area contributed by atoms with Gasteiger partial charge in [-0.3, -0.25) is 0 Å². The van der Waals surface area contributed by atoms with Gasteiger partial charge in [0.1, 0.15) is 0 Å². The van der Waals surface area contributed by atoms with Crippen LogP contribution in [-0.4, -0.2) is 11.1 Å². The maximum atomic E-state index is 10.8. The number of carboxylic acids is 1. The Morgan fingerprint density at radius 2 is 1.61 bits per heavy atom. The molecule has 0 aliphatic carbocycles. The second kappa shape index (κ2) is 4.75. The van der Waals surface area contributed by atoms with Crippen LogP contribution in [0.25, 0.3) is 5.57 Å². The van der Waals surface area contributed by atoms with Gasteiger partial charge in [-0.15, -0.1) is 0 Å². The smallest absolute Gasteiger partial charge is 0.335 e. The van der Waals surface area contributed by atoms with Gasteiger partial charge in [-0.2, -0.15) is 0 Å². The van der Waals surface area contributed by atoms with Crippen LogP contribution < -0.4 is 5.73 Å². The molecule has 2 rings (SSSR count). The number of carbonyl (C=O) groups is 1. The van der Waals surface area contributed by atoms with Gasteiger partial charge < -0.3 is 10.8 Å². The number of hydrogen-bond acceptors (Lipinski definition) is 2. The highest BCUT2D eigenvalue weighted by molar-refractivity contribution is 5.88. The number of nitrogens with two attached hydrogens (primary N) is 1. The Balaban J connectivity index is 2.32. The molecule has 0 fully saturated rings. The molecule has 0 atom stereocenters. The molecular weight excluding hydrogens is 226 g/mol. The van der Waals surface area contributed by atoms with Gasteiger partial charge in [-0.05, 0) is 41.0 Å². The predicted octanol–water partition coefficient (Wildman–Crippen LogP) is 3.03. The number of anilines is 1. The normalized spacial score (nSPS) is 10.0. The van der Waals surface area contributed by atoms with Crippen molar-refractivity contribution in [3.05, 3.63) is 71.8 Å². The van der Waals surface area contributed by atoms with Crippen molar-refractivity contribution in [3.63, 3.8) is 0 Å². The molecule has 0 saturated carbocycles. The SMILES string of the molecule is C=C(c1ccc(C(=O)O)cc1)c1cccc(N)c1. The first-order valence-electron chi connectivity index (χ1n) is 5.46. The highest BCUT2D eigenvalue weighted by Crippen LogP contribution is 2.23. The average Bonchev–Trinajstić information content (AvgIpc) is 2.38. The summed E-state index contributed by atoms with van der Waals surface area (Å²) in [6, 6.07) is 14.1. The number of nitrogen functional groups attached to an aromatic ring is 1. The first-order chi connectivity index (χ1) is 8.58. The lowest BCUT2D eigenvalue weighted by Gasteiger charge is -2.07. The summed E-state index contributed by atoms with van der Waals surface area (Å²) in [6.07, 6.45) is 0. The molecule has 3 nitrogen and oxygen atoms in total. The van der Waals surface area contributed by atoms with E-state index in [1.807, 2.05) is 24.3 Å². The van der Waals surface area contributed by atoms with E-state index in [1.165, 1.54) is 0 Å². The Morgan fingerprint density at radius 1 is 1.00 bits per heavy atom. The molecule has 0 radical (unpaired) electrons. The van der Waals surface area contributed by atoms with Crippen molar-refractivity contribution in [1.82, 2.24) is 0 Å². The second-order valence-electron chi connectivity index (χ2n) is 3.99. The van der Waals surface area contributed by atoms with E-state index in [1.54, 1.807) is 24.3 Å². The maximum Gasteiger partial charge on any atom is 0.335 e. The second-order valence-corrected chi connectivity index (χ2v) is 3.99. The van der Waals surface area contributed by atoms with Gasteiger partial charge in [0.2, 0.25) is 0 Å². The molecule has 90 valence electrons. The number of rotatable bonds is 3. The number of carboxylic acid groups (broad SMARTS) is 1. The van der Waals surface area contributed by atoms with E-state index < -0.39 is 5.97 Å². The fourth-order valence-corrected chi connectivity index (χ4v) is 1.71. The van der Waals surface area contributed by atoms with E-state index in [4.69, 9.17) is 10.8 Å². The summed E-state index contributed by atoms with van der Waals surface area (Å²) in [5.41, 5.74) is 9.29. The zero-order chi connectivity index (χ0) is 13.1. The van der Waals surface area contributed by atoms with E-state index in [-0.39, 0.29) is 5.56 Å². The van der Waals surface area contributed by atoms with Crippen LogP contribution in [0.1, 0.15) is 21.5 Å². The molecule has 0 bridgehead atoms. The van der Waals surface area contributed by atoms with Crippen molar-refractivity contribution in [2.45, 2.75) is 0 Å². The molecule has 2 aromatic carbocycles. The van der Waals surface area contributed by atoms with E-state index in [2.05, 4.69) is 6.58 Å². The lowest BCUT2D eigenvalue weighted by atomic mass is 9.98. The van der Waals surface area contributed by atoms with Crippen LogP contribution in [0.15, 0.2) is 55.1 Å². The molecule has 0 unspecified atom stereocenters. The first kappa shape index (κ1) is 11.9. The largest absolute Gasteiger partial charge is 0.478 e. The third-order valence-electron chi connectivity index (χ3n) is 2.72. The Bertz CT molecular complexity index is 600. The van der Waals surface area contributed by atoms with E-state index in [0.717, 1.165) is 16.7 Å². The van der Waals surface area contributed by atoms with Crippen molar-refractivity contribution in [2.24, 2.45) is 0 Å². The maximum absolute atomic E-state index is 10.8. The molecule has 2 aromatic rings. The monoisotopic (exact) mass is 239 g/mol. The highest BCUT2D eigenvalue weighted by Gasteiger charge is 2.05. The average molecular weight is 239 g/mol. The van der Waals surface area contributed by atoms with Crippen LogP contribution >= 0.6 is 0 Å². The van der Waals surface area contributed by atoms with Gasteiger partial charge in [0.15, 0.2) is 0 Å². The molecule has 0 aliphatic heterocycles.